The molecule has 0 aliphatic carbocycles. The second-order valence-corrected chi connectivity index (χ2v) is 7.11. The Balaban J connectivity index is 1.40. The first-order valence-electron chi connectivity index (χ1n) is 9.25. The summed E-state index contributed by atoms with van der Waals surface area (Å²) < 4.78 is 16.6. The van der Waals surface area contributed by atoms with Gasteiger partial charge < -0.3 is 19.2 Å². The van der Waals surface area contributed by atoms with Crippen molar-refractivity contribution in [2.24, 2.45) is 0 Å². The van der Waals surface area contributed by atoms with Crippen LogP contribution >= 0.6 is 11.6 Å². The average Bonchev–Trinajstić information content (AvgIpc) is 3.17. The quantitative estimate of drug-likeness (QED) is 0.445. The monoisotopic (exact) mass is 422 g/mol. The molecule has 0 unspecified atom stereocenters. The molecule has 1 aromatic heterocycles. The number of benzene rings is 3. The Hall–Kier alpha value is -3.51. The van der Waals surface area contributed by atoms with Gasteiger partial charge in [0.25, 0.3) is 5.91 Å². The zero-order chi connectivity index (χ0) is 21.1. The minimum absolute atomic E-state index is 0.100. The first-order valence-corrected chi connectivity index (χ1v) is 9.63. The number of nitrogens with one attached hydrogen (secondary N) is 1. The normalized spacial score (nSPS) is 10.8. The molecule has 3 aromatic carbocycles. The van der Waals surface area contributed by atoms with Crippen molar-refractivity contribution in [3.63, 3.8) is 0 Å². The number of hydrogen-bond donors (Lipinski definition) is 1. The lowest BCUT2D eigenvalue weighted by atomic mass is 10.2. The van der Waals surface area contributed by atoms with Crippen LogP contribution in [0, 0.1) is 6.92 Å². The number of hydrogen-bond acceptors (Lipinski definition) is 5. The van der Waals surface area contributed by atoms with Crippen LogP contribution in [0.25, 0.3) is 22.6 Å². The maximum atomic E-state index is 12.2. The highest BCUT2D eigenvalue weighted by Crippen LogP contribution is 2.27. The van der Waals surface area contributed by atoms with Crippen LogP contribution in [0.15, 0.2) is 65.1 Å². The maximum Gasteiger partial charge on any atom is 0.262 e. The number of rotatable bonds is 6. The summed E-state index contributed by atoms with van der Waals surface area (Å²) in [5.74, 6) is 1.58. The van der Waals surface area contributed by atoms with E-state index < -0.39 is 0 Å². The van der Waals surface area contributed by atoms with Crippen LogP contribution in [-0.2, 0) is 4.79 Å². The van der Waals surface area contributed by atoms with Crippen molar-refractivity contribution in [3.8, 4) is 23.0 Å². The molecule has 0 spiro atoms. The van der Waals surface area contributed by atoms with E-state index in [0.717, 1.165) is 22.4 Å². The van der Waals surface area contributed by atoms with E-state index in [2.05, 4.69) is 10.3 Å². The molecule has 0 bridgehead atoms. The Bertz CT molecular complexity index is 1200. The fourth-order valence-corrected chi connectivity index (χ4v) is 3.20. The zero-order valence-electron chi connectivity index (χ0n) is 16.4. The largest absolute Gasteiger partial charge is 0.497 e. The van der Waals surface area contributed by atoms with Crippen LogP contribution < -0.4 is 14.8 Å². The van der Waals surface area contributed by atoms with Crippen molar-refractivity contribution in [3.05, 3.63) is 71.2 Å². The number of aryl methyl sites for hydroxylation is 1. The molecule has 1 N–H and O–H groups in total. The Labute approximate surface area is 178 Å². The number of halogens is 1. The van der Waals surface area contributed by atoms with Crippen LogP contribution in [-0.4, -0.2) is 24.6 Å². The van der Waals surface area contributed by atoms with Crippen molar-refractivity contribution in [2.75, 3.05) is 19.0 Å². The molecule has 4 aromatic rings. The van der Waals surface area contributed by atoms with Gasteiger partial charge in [0.2, 0.25) is 5.89 Å². The van der Waals surface area contributed by atoms with Crippen molar-refractivity contribution in [1.82, 2.24) is 4.98 Å². The highest BCUT2D eigenvalue weighted by atomic mass is 35.5. The van der Waals surface area contributed by atoms with Gasteiger partial charge in [-0.05, 0) is 67.1 Å². The van der Waals surface area contributed by atoms with Crippen LogP contribution in [0.3, 0.4) is 0 Å². The summed E-state index contributed by atoms with van der Waals surface area (Å²) in [6.07, 6.45) is 0. The fourth-order valence-electron chi connectivity index (χ4n) is 2.97. The number of carbonyl (C=O) groups excluding carboxylic acids is 1. The van der Waals surface area contributed by atoms with Crippen LogP contribution in [0.4, 0.5) is 5.69 Å². The SMILES string of the molecule is COc1ccc2oc(-c3ccc(NC(=O)COc4ccc(Cl)cc4C)cc3)nc2c1. The second-order valence-electron chi connectivity index (χ2n) is 6.68. The standard InChI is InChI=1S/C23H19ClN2O4/c1-14-11-16(24)5-9-20(14)29-13-22(27)25-17-6-3-15(4-7-17)23-26-19-12-18(28-2)8-10-21(19)30-23/h3-12H,13H2,1-2H3,(H,25,27). The number of carbonyl (C=O) groups is 1. The van der Waals surface area contributed by atoms with E-state index in [9.17, 15) is 4.79 Å². The summed E-state index contributed by atoms with van der Waals surface area (Å²) in [6.45, 7) is 1.78. The molecule has 0 saturated carbocycles. The average molecular weight is 423 g/mol. The van der Waals surface area contributed by atoms with Gasteiger partial charge in [-0.15, -0.1) is 0 Å². The number of aromatic nitrogens is 1. The number of oxazole rings is 1. The molecule has 7 heteroatoms. The van der Waals surface area contributed by atoms with E-state index in [-0.39, 0.29) is 12.5 Å². The third-order valence-electron chi connectivity index (χ3n) is 4.51. The Morgan fingerprint density at radius 3 is 2.63 bits per heavy atom. The first-order chi connectivity index (χ1) is 14.5. The predicted octanol–water partition coefficient (Wildman–Crippen LogP) is 5.48. The Morgan fingerprint density at radius 2 is 1.90 bits per heavy atom. The molecule has 152 valence electrons. The topological polar surface area (TPSA) is 73.6 Å². The summed E-state index contributed by atoms with van der Waals surface area (Å²) in [5, 5.41) is 3.43. The van der Waals surface area contributed by atoms with Gasteiger partial charge in [-0.2, -0.15) is 0 Å². The number of fused-ring (bicyclic) bond motifs is 1. The molecule has 6 nitrogen and oxygen atoms in total. The van der Waals surface area contributed by atoms with Gasteiger partial charge in [-0.1, -0.05) is 11.6 Å². The van der Waals surface area contributed by atoms with E-state index in [1.807, 2.05) is 37.3 Å². The van der Waals surface area contributed by atoms with Crippen LogP contribution in [0.2, 0.25) is 5.02 Å². The number of nitrogens with zero attached hydrogens (tertiary/aromatic N) is 1. The molecule has 0 atom stereocenters. The van der Waals surface area contributed by atoms with Crippen LogP contribution in [0.5, 0.6) is 11.5 Å². The lowest BCUT2D eigenvalue weighted by Crippen LogP contribution is -2.20. The lowest BCUT2D eigenvalue weighted by molar-refractivity contribution is -0.118. The molecule has 0 aliphatic heterocycles. The van der Waals surface area contributed by atoms with Gasteiger partial charge >= 0.3 is 0 Å². The van der Waals surface area contributed by atoms with Crippen molar-refractivity contribution in [1.29, 1.82) is 0 Å². The zero-order valence-corrected chi connectivity index (χ0v) is 17.2. The molecule has 1 amide bonds. The number of anilines is 1. The fraction of sp³-hybridized carbons (Fsp3) is 0.130. The summed E-state index contributed by atoms with van der Waals surface area (Å²) in [4.78, 5) is 16.7. The van der Waals surface area contributed by atoms with E-state index >= 15 is 0 Å². The minimum Gasteiger partial charge on any atom is -0.497 e. The summed E-state index contributed by atoms with van der Waals surface area (Å²) in [5.41, 5.74) is 3.72. The Kier molecular flexibility index (Phi) is 5.59. The maximum absolute atomic E-state index is 12.2. The predicted molar refractivity (Wildman–Crippen MR) is 116 cm³/mol. The molecule has 30 heavy (non-hydrogen) atoms. The van der Waals surface area contributed by atoms with Gasteiger partial charge in [0.15, 0.2) is 12.2 Å². The molecule has 0 saturated heterocycles. The smallest absolute Gasteiger partial charge is 0.262 e. The van der Waals surface area contributed by atoms with Crippen LogP contribution in [0.1, 0.15) is 5.56 Å². The van der Waals surface area contributed by atoms with Gasteiger partial charge in [-0.25, -0.2) is 4.98 Å². The van der Waals surface area contributed by atoms with Crippen molar-refractivity contribution >= 4 is 34.3 Å². The third-order valence-corrected chi connectivity index (χ3v) is 4.74. The van der Waals surface area contributed by atoms with E-state index in [1.54, 1.807) is 37.4 Å². The van der Waals surface area contributed by atoms with E-state index in [4.69, 9.17) is 25.5 Å². The second kappa shape index (κ2) is 8.47. The molecule has 4 rings (SSSR count). The molecule has 0 fully saturated rings. The van der Waals surface area contributed by atoms with Gasteiger partial charge in [0.05, 0.1) is 7.11 Å². The van der Waals surface area contributed by atoms with Gasteiger partial charge in [0, 0.05) is 22.3 Å². The molecule has 0 aliphatic rings. The highest BCUT2D eigenvalue weighted by Gasteiger charge is 2.10. The van der Waals surface area contributed by atoms with Crippen molar-refractivity contribution in [2.45, 2.75) is 6.92 Å². The van der Waals surface area contributed by atoms with Crippen molar-refractivity contribution < 1.29 is 18.7 Å². The summed E-state index contributed by atoms with van der Waals surface area (Å²) >= 11 is 5.93. The van der Waals surface area contributed by atoms with Gasteiger partial charge in [-0.3, -0.25) is 4.79 Å². The number of ether oxygens (including phenoxy) is 2. The number of amides is 1. The van der Waals surface area contributed by atoms with E-state index in [1.165, 1.54) is 0 Å². The first kappa shape index (κ1) is 19.8. The molecule has 1 heterocycles. The molecule has 0 radical (unpaired) electrons. The molecular formula is C23H19ClN2O4. The number of methoxy groups -OCH3 is 1. The minimum atomic E-state index is -0.258. The summed E-state index contributed by atoms with van der Waals surface area (Å²) in [6, 6.07) is 18.0. The highest BCUT2D eigenvalue weighted by molar-refractivity contribution is 6.30. The van der Waals surface area contributed by atoms with E-state index in [0.29, 0.717) is 27.9 Å². The molecular weight excluding hydrogens is 404 g/mol. The third kappa shape index (κ3) is 4.39. The van der Waals surface area contributed by atoms with Gasteiger partial charge in [0.1, 0.15) is 17.0 Å². The summed E-state index contributed by atoms with van der Waals surface area (Å²) in [7, 11) is 1.61. The Morgan fingerprint density at radius 1 is 1.10 bits per heavy atom. The lowest BCUT2D eigenvalue weighted by Gasteiger charge is -2.10.